The predicted molar refractivity (Wildman–Crippen MR) is 126 cm³/mol. The van der Waals surface area contributed by atoms with E-state index in [1.807, 2.05) is 24.3 Å². The van der Waals surface area contributed by atoms with Gasteiger partial charge in [-0.05, 0) is 37.0 Å². The van der Waals surface area contributed by atoms with E-state index in [4.69, 9.17) is 16.3 Å². The third-order valence-electron chi connectivity index (χ3n) is 6.55. The molecule has 1 amide bonds. The van der Waals surface area contributed by atoms with E-state index in [9.17, 15) is 14.4 Å². The predicted octanol–water partition coefficient (Wildman–Crippen LogP) is 1.73. The molecule has 176 valence electrons. The minimum Gasteiger partial charge on any atom is -0.381 e. The summed E-state index contributed by atoms with van der Waals surface area (Å²) >= 11 is 6.06. The van der Waals surface area contributed by atoms with E-state index in [1.165, 1.54) is 11.6 Å². The lowest BCUT2D eigenvalue weighted by Gasteiger charge is -2.38. The number of hydrogen-bond acceptors (Lipinski definition) is 5. The number of benzene rings is 1. The van der Waals surface area contributed by atoms with Crippen molar-refractivity contribution in [3.63, 3.8) is 0 Å². The molecule has 0 radical (unpaired) electrons. The highest BCUT2D eigenvalue weighted by Gasteiger charge is 2.34. The van der Waals surface area contributed by atoms with Gasteiger partial charge in [0.15, 0.2) is 11.2 Å². The molecular weight excluding hydrogens is 446 g/mol. The van der Waals surface area contributed by atoms with Crippen LogP contribution in [0.5, 0.6) is 0 Å². The van der Waals surface area contributed by atoms with E-state index in [1.54, 1.807) is 17.9 Å². The number of nitrogens with zero attached hydrogens (tertiary/aromatic N) is 4. The van der Waals surface area contributed by atoms with Gasteiger partial charge in [0.1, 0.15) is 0 Å². The van der Waals surface area contributed by atoms with Crippen molar-refractivity contribution < 1.29 is 9.53 Å². The molecule has 0 saturated carbocycles. The van der Waals surface area contributed by atoms with Gasteiger partial charge in [-0.25, -0.2) is 9.78 Å². The van der Waals surface area contributed by atoms with Gasteiger partial charge in [0.25, 0.3) is 5.56 Å². The third kappa shape index (κ3) is 4.60. The molecule has 0 aliphatic carbocycles. The van der Waals surface area contributed by atoms with Crippen LogP contribution in [0.15, 0.2) is 40.2 Å². The Morgan fingerprint density at radius 3 is 2.55 bits per heavy atom. The Hall–Kier alpha value is -2.91. The quantitative estimate of drug-likeness (QED) is 0.563. The van der Waals surface area contributed by atoms with Crippen LogP contribution >= 0.6 is 11.6 Å². The zero-order chi connectivity index (χ0) is 23.6. The van der Waals surface area contributed by atoms with Crippen molar-refractivity contribution in [1.29, 1.82) is 0 Å². The van der Waals surface area contributed by atoms with E-state index in [2.05, 4.69) is 10.3 Å². The Labute approximate surface area is 195 Å². The SMILES string of the molecule is Cn1c(=O)c2c(ncn2CCCC(=O)NCC2(c3ccc(Cl)cc3)CCOCC2)n(C)c1=O. The topological polar surface area (TPSA) is 100 Å². The summed E-state index contributed by atoms with van der Waals surface area (Å²) in [4.78, 5) is 41.5. The van der Waals surface area contributed by atoms with Crippen LogP contribution in [0.25, 0.3) is 11.2 Å². The molecule has 1 aliphatic rings. The van der Waals surface area contributed by atoms with Crippen LogP contribution in [-0.2, 0) is 35.6 Å². The number of aromatic nitrogens is 4. The first-order valence-corrected chi connectivity index (χ1v) is 11.4. The van der Waals surface area contributed by atoms with Crippen molar-refractivity contribution in [3.8, 4) is 0 Å². The minimum atomic E-state index is -0.417. The van der Waals surface area contributed by atoms with Crippen molar-refractivity contribution in [2.45, 2.75) is 37.6 Å². The molecule has 1 fully saturated rings. The second-order valence-corrected chi connectivity index (χ2v) is 9.03. The van der Waals surface area contributed by atoms with E-state index in [0.29, 0.717) is 55.3 Å². The van der Waals surface area contributed by atoms with E-state index < -0.39 is 5.69 Å². The molecule has 1 saturated heterocycles. The van der Waals surface area contributed by atoms with Crippen LogP contribution in [-0.4, -0.2) is 44.4 Å². The fourth-order valence-corrected chi connectivity index (χ4v) is 4.59. The summed E-state index contributed by atoms with van der Waals surface area (Å²) in [6, 6.07) is 7.81. The number of halogens is 1. The Morgan fingerprint density at radius 2 is 1.85 bits per heavy atom. The summed E-state index contributed by atoms with van der Waals surface area (Å²) in [6.45, 7) is 2.30. The van der Waals surface area contributed by atoms with E-state index >= 15 is 0 Å². The lowest BCUT2D eigenvalue weighted by Crippen LogP contribution is -2.44. The summed E-state index contributed by atoms with van der Waals surface area (Å²) in [7, 11) is 3.03. The highest BCUT2D eigenvalue weighted by molar-refractivity contribution is 6.30. The monoisotopic (exact) mass is 473 g/mol. The zero-order valence-electron chi connectivity index (χ0n) is 18.8. The van der Waals surface area contributed by atoms with Gasteiger partial charge < -0.3 is 14.6 Å². The maximum atomic E-state index is 12.6. The van der Waals surface area contributed by atoms with Gasteiger partial charge in [-0.2, -0.15) is 0 Å². The highest BCUT2D eigenvalue weighted by Crippen LogP contribution is 2.35. The lowest BCUT2D eigenvalue weighted by atomic mass is 9.74. The highest BCUT2D eigenvalue weighted by atomic mass is 35.5. The number of fused-ring (bicyclic) bond motifs is 1. The molecular formula is C23H28ClN5O4. The summed E-state index contributed by atoms with van der Waals surface area (Å²) in [5.41, 5.74) is 0.887. The molecule has 2 aromatic heterocycles. The fourth-order valence-electron chi connectivity index (χ4n) is 4.47. The number of aryl methyl sites for hydroxylation is 2. The molecule has 0 spiro atoms. The fraction of sp³-hybridized carbons (Fsp3) is 0.478. The van der Waals surface area contributed by atoms with Crippen molar-refractivity contribution in [3.05, 3.63) is 62.0 Å². The van der Waals surface area contributed by atoms with Crippen LogP contribution in [0.1, 0.15) is 31.2 Å². The molecule has 0 unspecified atom stereocenters. The molecule has 3 heterocycles. The molecule has 10 heteroatoms. The van der Waals surface area contributed by atoms with Crippen LogP contribution in [0.2, 0.25) is 5.02 Å². The summed E-state index contributed by atoms with van der Waals surface area (Å²) in [5.74, 6) is -0.0421. The lowest BCUT2D eigenvalue weighted by molar-refractivity contribution is -0.121. The first kappa shape index (κ1) is 23.3. The molecule has 4 rings (SSSR count). The summed E-state index contributed by atoms with van der Waals surface area (Å²) in [5, 5.41) is 3.78. The standard InChI is InChI=1S/C23H28ClN5O4/c1-27-20-19(21(31)28(2)22(27)32)29(15-26-20)11-3-4-18(30)25-14-23(9-12-33-13-10-23)16-5-7-17(24)8-6-16/h5-8,15H,3-4,9-14H2,1-2H3,(H,25,30). The molecule has 33 heavy (non-hydrogen) atoms. The van der Waals surface area contributed by atoms with Crippen LogP contribution in [0.3, 0.4) is 0 Å². The van der Waals surface area contributed by atoms with Crippen molar-refractivity contribution >= 4 is 28.7 Å². The summed E-state index contributed by atoms with van der Waals surface area (Å²) in [6.07, 6.45) is 4.07. The van der Waals surface area contributed by atoms with Crippen molar-refractivity contribution in [2.75, 3.05) is 19.8 Å². The van der Waals surface area contributed by atoms with Gasteiger partial charge in [-0.1, -0.05) is 23.7 Å². The molecule has 1 N–H and O–H groups in total. The van der Waals surface area contributed by atoms with Gasteiger partial charge in [0.05, 0.1) is 6.33 Å². The van der Waals surface area contributed by atoms with Crippen molar-refractivity contribution in [2.24, 2.45) is 14.1 Å². The number of imidazole rings is 1. The largest absolute Gasteiger partial charge is 0.381 e. The molecule has 0 bridgehead atoms. The number of carbonyl (C=O) groups is 1. The summed E-state index contributed by atoms with van der Waals surface area (Å²) < 4.78 is 9.68. The zero-order valence-corrected chi connectivity index (χ0v) is 19.6. The Bertz CT molecular complexity index is 1270. The van der Waals surface area contributed by atoms with Crippen molar-refractivity contribution in [1.82, 2.24) is 24.0 Å². The number of carbonyl (C=O) groups excluding carboxylic acids is 1. The van der Waals surface area contributed by atoms with E-state index in [0.717, 1.165) is 23.0 Å². The Morgan fingerprint density at radius 1 is 1.15 bits per heavy atom. The van der Waals surface area contributed by atoms with Crippen LogP contribution < -0.4 is 16.6 Å². The minimum absolute atomic E-state index is 0.0421. The number of amides is 1. The smallest absolute Gasteiger partial charge is 0.332 e. The second-order valence-electron chi connectivity index (χ2n) is 8.60. The number of ether oxygens (including phenoxy) is 1. The first-order chi connectivity index (χ1) is 15.8. The molecule has 9 nitrogen and oxygen atoms in total. The first-order valence-electron chi connectivity index (χ1n) is 11.0. The molecule has 3 aromatic rings. The van der Waals surface area contributed by atoms with Gasteiger partial charge >= 0.3 is 5.69 Å². The van der Waals surface area contributed by atoms with Gasteiger partial charge in [0.2, 0.25) is 5.91 Å². The Balaban J connectivity index is 1.39. The maximum Gasteiger partial charge on any atom is 0.332 e. The molecule has 1 aliphatic heterocycles. The van der Waals surface area contributed by atoms with Crippen LogP contribution in [0.4, 0.5) is 0 Å². The normalized spacial score (nSPS) is 15.6. The molecule has 1 aromatic carbocycles. The second kappa shape index (κ2) is 9.52. The van der Waals surface area contributed by atoms with Gasteiger partial charge in [-0.3, -0.25) is 18.7 Å². The maximum absolute atomic E-state index is 12.6. The number of hydrogen-bond donors (Lipinski definition) is 1. The molecule has 0 atom stereocenters. The van der Waals surface area contributed by atoms with E-state index in [-0.39, 0.29) is 16.9 Å². The van der Waals surface area contributed by atoms with Gasteiger partial charge in [0, 0.05) is 57.3 Å². The Kier molecular flexibility index (Phi) is 6.71. The average molecular weight is 474 g/mol. The third-order valence-corrected chi connectivity index (χ3v) is 6.80. The number of rotatable bonds is 7. The number of nitrogens with one attached hydrogen (secondary N) is 1. The van der Waals surface area contributed by atoms with Crippen LogP contribution in [0, 0.1) is 0 Å². The average Bonchev–Trinajstić information content (AvgIpc) is 3.25. The van der Waals surface area contributed by atoms with Gasteiger partial charge in [-0.15, -0.1) is 0 Å².